The Bertz CT molecular complexity index is 523. The van der Waals surface area contributed by atoms with Crippen LogP contribution >= 0.6 is 0 Å². The lowest BCUT2D eigenvalue weighted by molar-refractivity contribution is 0.522. The molecule has 0 aliphatic rings. The van der Waals surface area contributed by atoms with E-state index in [1.54, 1.807) is 12.3 Å². The van der Waals surface area contributed by atoms with Gasteiger partial charge in [0.05, 0.1) is 4.90 Å². The Morgan fingerprint density at radius 2 is 2.00 bits per heavy atom. The normalized spacial score (nSPS) is 13.5. The summed E-state index contributed by atoms with van der Waals surface area (Å²) in [5.41, 5.74) is 0.952. The topological polar surface area (TPSA) is 63.1 Å². The van der Waals surface area contributed by atoms with E-state index < -0.39 is 10.0 Å². The first-order chi connectivity index (χ1) is 9.90. The van der Waals surface area contributed by atoms with Gasteiger partial charge in [-0.1, -0.05) is 32.6 Å². The summed E-state index contributed by atoms with van der Waals surface area (Å²) in [6, 6.07) is 1.70. The maximum absolute atomic E-state index is 12.4. The van der Waals surface area contributed by atoms with Crippen molar-refractivity contribution in [2.24, 2.45) is 7.05 Å². The minimum atomic E-state index is -3.42. The Kier molecular flexibility index (Phi) is 7.42. The summed E-state index contributed by atoms with van der Waals surface area (Å²) in [5.74, 6) is 0. The van der Waals surface area contributed by atoms with Gasteiger partial charge in [0.25, 0.3) is 0 Å². The molecule has 0 spiro atoms. The van der Waals surface area contributed by atoms with Crippen LogP contribution in [0.1, 0.15) is 51.6 Å². The van der Waals surface area contributed by atoms with E-state index >= 15 is 0 Å². The van der Waals surface area contributed by atoms with Crippen LogP contribution in [0.25, 0.3) is 0 Å². The first-order valence-corrected chi connectivity index (χ1v) is 9.21. The number of sulfonamides is 1. The molecular formula is C15H29N3O2S. The summed E-state index contributed by atoms with van der Waals surface area (Å²) in [6.07, 6.45) is 7.19. The summed E-state index contributed by atoms with van der Waals surface area (Å²) in [5, 5.41) is 3.03. The van der Waals surface area contributed by atoms with Crippen LogP contribution in [0.2, 0.25) is 0 Å². The van der Waals surface area contributed by atoms with Crippen molar-refractivity contribution in [2.75, 3.05) is 7.05 Å². The molecule has 1 aromatic rings. The SMILES string of the molecule is CCCCCCC(C)NS(=O)(=O)c1cc(CNC)n(C)c1. The number of aryl methyl sites for hydroxylation is 1. The third kappa shape index (κ3) is 5.80. The molecular weight excluding hydrogens is 286 g/mol. The van der Waals surface area contributed by atoms with Gasteiger partial charge in [-0.3, -0.25) is 0 Å². The van der Waals surface area contributed by atoms with Crippen molar-refractivity contribution < 1.29 is 8.42 Å². The number of hydrogen-bond donors (Lipinski definition) is 2. The second-order valence-corrected chi connectivity index (χ2v) is 7.39. The number of aromatic nitrogens is 1. The number of unbranched alkanes of at least 4 members (excludes halogenated alkanes) is 3. The molecule has 0 bridgehead atoms. The average Bonchev–Trinajstić information content (AvgIpc) is 2.77. The van der Waals surface area contributed by atoms with Gasteiger partial charge in [-0.05, 0) is 26.5 Å². The average molecular weight is 315 g/mol. The molecule has 5 nitrogen and oxygen atoms in total. The van der Waals surface area contributed by atoms with Crippen LogP contribution in [0.3, 0.4) is 0 Å². The molecule has 0 aliphatic heterocycles. The minimum absolute atomic E-state index is 0.0280. The van der Waals surface area contributed by atoms with E-state index in [0.717, 1.165) is 18.5 Å². The van der Waals surface area contributed by atoms with Crippen molar-refractivity contribution in [1.82, 2.24) is 14.6 Å². The van der Waals surface area contributed by atoms with Crippen molar-refractivity contribution >= 4 is 10.0 Å². The quantitative estimate of drug-likeness (QED) is 0.652. The predicted molar refractivity (Wildman–Crippen MR) is 86.7 cm³/mol. The highest BCUT2D eigenvalue weighted by Crippen LogP contribution is 2.15. The van der Waals surface area contributed by atoms with Crippen molar-refractivity contribution in [3.63, 3.8) is 0 Å². The van der Waals surface area contributed by atoms with E-state index in [4.69, 9.17) is 0 Å². The highest BCUT2D eigenvalue weighted by atomic mass is 32.2. The molecule has 0 aliphatic carbocycles. The fourth-order valence-corrected chi connectivity index (χ4v) is 3.72. The summed E-state index contributed by atoms with van der Waals surface area (Å²) < 4.78 is 29.3. The smallest absolute Gasteiger partial charge is 0.242 e. The van der Waals surface area contributed by atoms with E-state index in [2.05, 4.69) is 17.0 Å². The molecule has 0 saturated carbocycles. The molecule has 0 fully saturated rings. The first kappa shape index (κ1) is 18.2. The second-order valence-electron chi connectivity index (χ2n) is 5.68. The summed E-state index contributed by atoms with van der Waals surface area (Å²) in [4.78, 5) is 0.343. The minimum Gasteiger partial charge on any atom is -0.352 e. The molecule has 122 valence electrons. The molecule has 6 heteroatoms. The highest BCUT2D eigenvalue weighted by molar-refractivity contribution is 7.89. The molecule has 1 rings (SSSR count). The fraction of sp³-hybridized carbons (Fsp3) is 0.733. The van der Waals surface area contributed by atoms with E-state index in [9.17, 15) is 8.42 Å². The molecule has 1 atom stereocenters. The van der Waals surface area contributed by atoms with Gasteiger partial charge in [-0.25, -0.2) is 13.1 Å². The van der Waals surface area contributed by atoms with Gasteiger partial charge in [0.2, 0.25) is 10.0 Å². The molecule has 0 aromatic carbocycles. The number of nitrogens with zero attached hydrogens (tertiary/aromatic N) is 1. The molecule has 1 aromatic heterocycles. The van der Waals surface area contributed by atoms with E-state index in [1.165, 1.54) is 19.3 Å². The molecule has 2 N–H and O–H groups in total. The van der Waals surface area contributed by atoms with E-state index in [-0.39, 0.29) is 6.04 Å². The van der Waals surface area contributed by atoms with Crippen molar-refractivity contribution in [3.05, 3.63) is 18.0 Å². The van der Waals surface area contributed by atoms with Gasteiger partial charge < -0.3 is 9.88 Å². The zero-order valence-electron chi connectivity index (χ0n) is 13.6. The highest BCUT2D eigenvalue weighted by Gasteiger charge is 2.19. The summed E-state index contributed by atoms with van der Waals surface area (Å²) in [6.45, 7) is 4.75. The predicted octanol–water partition coefficient (Wildman–Crippen LogP) is 2.38. The zero-order chi connectivity index (χ0) is 15.9. The van der Waals surface area contributed by atoms with Gasteiger partial charge in [0, 0.05) is 31.5 Å². The van der Waals surface area contributed by atoms with Crippen LogP contribution in [-0.2, 0) is 23.6 Å². The van der Waals surface area contributed by atoms with Gasteiger partial charge in [-0.2, -0.15) is 0 Å². The largest absolute Gasteiger partial charge is 0.352 e. The standard InChI is InChI=1S/C15H29N3O2S/c1-5-6-7-8-9-13(2)17-21(19,20)15-10-14(11-16-3)18(4)12-15/h10,12-13,16-17H,5-9,11H2,1-4H3. The lowest BCUT2D eigenvalue weighted by atomic mass is 10.1. The van der Waals surface area contributed by atoms with Gasteiger partial charge in [0.15, 0.2) is 0 Å². The molecule has 1 heterocycles. The van der Waals surface area contributed by atoms with Crippen molar-refractivity contribution in [2.45, 2.75) is 63.4 Å². The molecule has 1 unspecified atom stereocenters. The van der Waals surface area contributed by atoms with E-state index in [0.29, 0.717) is 11.4 Å². The molecule has 21 heavy (non-hydrogen) atoms. The number of hydrogen-bond acceptors (Lipinski definition) is 3. The monoisotopic (exact) mass is 315 g/mol. The van der Waals surface area contributed by atoms with Crippen LogP contribution in [-0.4, -0.2) is 26.1 Å². The summed E-state index contributed by atoms with van der Waals surface area (Å²) in [7, 11) is 0.285. The van der Waals surface area contributed by atoms with Gasteiger partial charge in [-0.15, -0.1) is 0 Å². The molecule has 0 radical (unpaired) electrons. The maximum atomic E-state index is 12.4. The Morgan fingerprint density at radius 3 is 2.62 bits per heavy atom. The summed E-state index contributed by atoms with van der Waals surface area (Å²) >= 11 is 0. The van der Waals surface area contributed by atoms with Crippen molar-refractivity contribution in [3.8, 4) is 0 Å². The Hall–Kier alpha value is -0.850. The van der Waals surface area contributed by atoms with Gasteiger partial charge in [0.1, 0.15) is 0 Å². The number of rotatable bonds is 10. The maximum Gasteiger partial charge on any atom is 0.242 e. The Morgan fingerprint density at radius 1 is 1.29 bits per heavy atom. The van der Waals surface area contributed by atoms with Crippen LogP contribution in [0.5, 0.6) is 0 Å². The van der Waals surface area contributed by atoms with Crippen LogP contribution in [0, 0.1) is 0 Å². The lowest BCUT2D eigenvalue weighted by Crippen LogP contribution is -2.32. The van der Waals surface area contributed by atoms with E-state index in [1.807, 2.05) is 25.6 Å². The molecule has 0 saturated heterocycles. The molecule has 0 amide bonds. The first-order valence-electron chi connectivity index (χ1n) is 7.73. The number of nitrogens with one attached hydrogen (secondary N) is 2. The Balaban J connectivity index is 2.62. The van der Waals surface area contributed by atoms with Crippen LogP contribution in [0.15, 0.2) is 17.2 Å². The second kappa shape index (κ2) is 8.56. The lowest BCUT2D eigenvalue weighted by Gasteiger charge is -2.13. The zero-order valence-corrected chi connectivity index (χ0v) is 14.5. The van der Waals surface area contributed by atoms with Crippen molar-refractivity contribution in [1.29, 1.82) is 0 Å². The Labute approximate surface area is 129 Å². The van der Waals surface area contributed by atoms with Crippen LogP contribution in [0.4, 0.5) is 0 Å². The van der Waals surface area contributed by atoms with Crippen LogP contribution < -0.4 is 10.0 Å². The third-order valence-electron chi connectivity index (χ3n) is 3.60. The fourth-order valence-electron chi connectivity index (χ4n) is 2.35. The third-order valence-corrected chi connectivity index (χ3v) is 5.15. The van der Waals surface area contributed by atoms with Gasteiger partial charge >= 0.3 is 0 Å².